The first-order chi connectivity index (χ1) is 6.86. The fourth-order valence-corrected chi connectivity index (χ4v) is 1.78. The second-order valence-corrected chi connectivity index (χ2v) is 4.20. The van der Waals surface area contributed by atoms with Crippen LogP contribution < -0.4 is 0 Å². The summed E-state index contributed by atoms with van der Waals surface area (Å²) in [6.07, 6.45) is 8.08. The lowest BCUT2D eigenvalue weighted by molar-refractivity contribution is -0.137. The zero-order valence-corrected chi connectivity index (χ0v) is 9.63. The van der Waals surface area contributed by atoms with Gasteiger partial charge in [0.25, 0.3) is 0 Å². The van der Waals surface area contributed by atoms with Gasteiger partial charge < -0.3 is 9.47 Å². The van der Waals surface area contributed by atoms with E-state index in [9.17, 15) is 0 Å². The van der Waals surface area contributed by atoms with Crippen LogP contribution in [0.2, 0.25) is 0 Å². The Balaban J connectivity index is 2.05. The van der Waals surface area contributed by atoms with E-state index in [2.05, 4.69) is 13.8 Å². The van der Waals surface area contributed by atoms with Gasteiger partial charge in [0, 0.05) is 0 Å². The summed E-state index contributed by atoms with van der Waals surface area (Å²) in [6, 6.07) is 0. The molecule has 0 amide bonds. The molecule has 0 aliphatic carbocycles. The molecule has 0 bridgehead atoms. The SMILES string of the molecule is CCCCC1COC(CCCC)CO1. The maximum atomic E-state index is 5.76. The van der Waals surface area contributed by atoms with Crippen molar-refractivity contribution in [1.29, 1.82) is 0 Å². The van der Waals surface area contributed by atoms with Crippen LogP contribution in [0.25, 0.3) is 0 Å². The van der Waals surface area contributed by atoms with Crippen molar-refractivity contribution < 1.29 is 9.47 Å². The summed E-state index contributed by atoms with van der Waals surface area (Å²) in [5.74, 6) is 0. The van der Waals surface area contributed by atoms with E-state index < -0.39 is 0 Å². The molecule has 0 spiro atoms. The van der Waals surface area contributed by atoms with E-state index >= 15 is 0 Å². The second kappa shape index (κ2) is 7.24. The monoisotopic (exact) mass is 200 g/mol. The molecule has 0 radical (unpaired) electrons. The summed E-state index contributed by atoms with van der Waals surface area (Å²) in [4.78, 5) is 0. The zero-order chi connectivity index (χ0) is 10.2. The highest BCUT2D eigenvalue weighted by molar-refractivity contribution is 4.67. The van der Waals surface area contributed by atoms with E-state index in [0.29, 0.717) is 12.2 Å². The van der Waals surface area contributed by atoms with E-state index in [-0.39, 0.29) is 0 Å². The Labute approximate surface area is 88.0 Å². The summed E-state index contributed by atoms with van der Waals surface area (Å²) in [6.45, 7) is 6.06. The molecule has 0 aromatic carbocycles. The van der Waals surface area contributed by atoms with Crippen molar-refractivity contribution in [3.8, 4) is 0 Å². The van der Waals surface area contributed by atoms with E-state index in [1.165, 1.54) is 25.7 Å². The zero-order valence-electron chi connectivity index (χ0n) is 9.63. The van der Waals surface area contributed by atoms with Crippen molar-refractivity contribution in [3.05, 3.63) is 0 Å². The maximum absolute atomic E-state index is 5.76. The van der Waals surface area contributed by atoms with Gasteiger partial charge >= 0.3 is 0 Å². The van der Waals surface area contributed by atoms with Crippen molar-refractivity contribution in [3.63, 3.8) is 0 Å². The minimum atomic E-state index is 0.368. The van der Waals surface area contributed by atoms with Crippen LogP contribution in [-0.4, -0.2) is 25.4 Å². The topological polar surface area (TPSA) is 18.5 Å². The fourth-order valence-electron chi connectivity index (χ4n) is 1.78. The molecule has 14 heavy (non-hydrogen) atoms. The van der Waals surface area contributed by atoms with Gasteiger partial charge in [-0.15, -0.1) is 0 Å². The Morgan fingerprint density at radius 3 is 1.57 bits per heavy atom. The van der Waals surface area contributed by atoms with Gasteiger partial charge in [0.15, 0.2) is 0 Å². The molecule has 1 aliphatic heterocycles. The van der Waals surface area contributed by atoms with Gasteiger partial charge in [0.05, 0.1) is 25.4 Å². The highest BCUT2D eigenvalue weighted by atomic mass is 16.6. The molecule has 1 aliphatic rings. The maximum Gasteiger partial charge on any atom is 0.0810 e. The summed E-state index contributed by atoms with van der Waals surface area (Å²) >= 11 is 0. The number of hydrogen-bond acceptors (Lipinski definition) is 2. The molecule has 0 aromatic rings. The molecule has 2 nitrogen and oxygen atoms in total. The van der Waals surface area contributed by atoms with Gasteiger partial charge in [-0.2, -0.15) is 0 Å². The van der Waals surface area contributed by atoms with Crippen LogP contribution in [0, 0.1) is 0 Å². The largest absolute Gasteiger partial charge is 0.373 e. The normalized spacial score (nSPS) is 27.9. The average molecular weight is 200 g/mol. The minimum absolute atomic E-state index is 0.368. The van der Waals surface area contributed by atoms with Crippen LogP contribution >= 0.6 is 0 Å². The van der Waals surface area contributed by atoms with Crippen molar-refractivity contribution >= 4 is 0 Å². The third kappa shape index (κ3) is 4.43. The number of rotatable bonds is 6. The first-order valence-electron chi connectivity index (χ1n) is 6.10. The molecule has 0 saturated carbocycles. The predicted molar refractivity (Wildman–Crippen MR) is 58.5 cm³/mol. The van der Waals surface area contributed by atoms with Crippen LogP contribution in [0.1, 0.15) is 52.4 Å². The van der Waals surface area contributed by atoms with E-state index in [1.54, 1.807) is 0 Å². The first kappa shape index (κ1) is 12.0. The Kier molecular flexibility index (Phi) is 6.20. The van der Waals surface area contributed by atoms with Crippen LogP contribution in [0.3, 0.4) is 0 Å². The molecule has 2 heteroatoms. The van der Waals surface area contributed by atoms with Gasteiger partial charge in [-0.1, -0.05) is 39.5 Å². The predicted octanol–water partition coefficient (Wildman–Crippen LogP) is 3.15. The summed E-state index contributed by atoms with van der Waals surface area (Å²) in [5.41, 5.74) is 0. The third-order valence-corrected chi connectivity index (χ3v) is 2.79. The third-order valence-electron chi connectivity index (χ3n) is 2.79. The Morgan fingerprint density at radius 1 is 0.857 bits per heavy atom. The summed E-state index contributed by atoms with van der Waals surface area (Å²) in [7, 11) is 0. The fraction of sp³-hybridized carbons (Fsp3) is 1.00. The molecule has 1 saturated heterocycles. The molecular formula is C12H24O2. The molecule has 0 aromatic heterocycles. The number of ether oxygens (including phenoxy) is 2. The Hall–Kier alpha value is -0.0800. The number of unbranched alkanes of at least 4 members (excludes halogenated alkanes) is 2. The Morgan fingerprint density at radius 2 is 1.29 bits per heavy atom. The second-order valence-electron chi connectivity index (χ2n) is 4.20. The van der Waals surface area contributed by atoms with Gasteiger partial charge in [0.1, 0.15) is 0 Å². The standard InChI is InChI=1S/C12H24O2/c1-3-5-7-11-9-14-12(10-13-11)8-6-4-2/h11-12H,3-10H2,1-2H3. The molecule has 84 valence electrons. The molecule has 1 rings (SSSR count). The summed E-state index contributed by atoms with van der Waals surface area (Å²) in [5, 5.41) is 0. The minimum Gasteiger partial charge on any atom is -0.373 e. The van der Waals surface area contributed by atoms with Crippen LogP contribution in [0.5, 0.6) is 0 Å². The summed E-state index contributed by atoms with van der Waals surface area (Å²) < 4.78 is 11.5. The van der Waals surface area contributed by atoms with Crippen LogP contribution in [0.15, 0.2) is 0 Å². The molecular weight excluding hydrogens is 176 g/mol. The van der Waals surface area contributed by atoms with Crippen molar-refractivity contribution in [2.75, 3.05) is 13.2 Å². The first-order valence-corrected chi connectivity index (χ1v) is 6.10. The highest BCUT2D eigenvalue weighted by Crippen LogP contribution is 2.16. The van der Waals surface area contributed by atoms with E-state index in [1.807, 2.05) is 0 Å². The van der Waals surface area contributed by atoms with Gasteiger partial charge in [0.2, 0.25) is 0 Å². The molecule has 1 fully saturated rings. The lowest BCUT2D eigenvalue weighted by atomic mass is 10.1. The quantitative estimate of drug-likeness (QED) is 0.655. The highest BCUT2D eigenvalue weighted by Gasteiger charge is 2.20. The molecule has 2 atom stereocenters. The van der Waals surface area contributed by atoms with Crippen LogP contribution in [-0.2, 0) is 9.47 Å². The Bertz CT molecular complexity index is 112. The molecule has 0 N–H and O–H groups in total. The van der Waals surface area contributed by atoms with Gasteiger partial charge in [-0.05, 0) is 12.8 Å². The average Bonchev–Trinajstić information content (AvgIpc) is 2.25. The van der Waals surface area contributed by atoms with Crippen molar-refractivity contribution in [2.45, 2.75) is 64.6 Å². The van der Waals surface area contributed by atoms with Gasteiger partial charge in [-0.25, -0.2) is 0 Å². The lowest BCUT2D eigenvalue weighted by Gasteiger charge is -2.29. The van der Waals surface area contributed by atoms with E-state index in [0.717, 1.165) is 26.1 Å². The van der Waals surface area contributed by atoms with Crippen molar-refractivity contribution in [1.82, 2.24) is 0 Å². The van der Waals surface area contributed by atoms with Crippen molar-refractivity contribution in [2.24, 2.45) is 0 Å². The van der Waals surface area contributed by atoms with Crippen LogP contribution in [0.4, 0.5) is 0 Å². The number of hydrogen-bond donors (Lipinski definition) is 0. The molecule has 1 heterocycles. The molecule has 2 unspecified atom stereocenters. The smallest absolute Gasteiger partial charge is 0.0810 e. The van der Waals surface area contributed by atoms with E-state index in [4.69, 9.17) is 9.47 Å². The lowest BCUT2D eigenvalue weighted by Crippen LogP contribution is -2.35. The van der Waals surface area contributed by atoms with Gasteiger partial charge in [-0.3, -0.25) is 0 Å².